The van der Waals surface area contributed by atoms with Crippen molar-refractivity contribution in [3.05, 3.63) is 0 Å². The highest BCUT2D eigenvalue weighted by Gasteiger charge is 2.17. The second-order valence-electron chi connectivity index (χ2n) is 3.16. The van der Waals surface area contributed by atoms with Crippen LogP contribution in [0.1, 0.15) is 26.2 Å². The molecule has 10 heavy (non-hydrogen) atoms. The first kappa shape index (κ1) is 8.02. The fourth-order valence-corrected chi connectivity index (χ4v) is 1.35. The molecule has 0 spiro atoms. The predicted molar refractivity (Wildman–Crippen MR) is 39.8 cm³/mol. The van der Waals surface area contributed by atoms with Gasteiger partial charge in [0.15, 0.2) is 0 Å². The Kier molecular flexibility index (Phi) is 3.16. The molecule has 1 aliphatic heterocycles. The van der Waals surface area contributed by atoms with Gasteiger partial charge in [0.1, 0.15) is 0 Å². The largest absolute Gasteiger partial charge is 0.396 e. The summed E-state index contributed by atoms with van der Waals surface area (Å²) in [6.45, 7) is 3.27. The Hall–Kier alpha value is -0.0800. The number of hydrogen-bond donors (Lipinski definition) is 1. The lowest BCUT2D eigenvalue weighted by molar-refractivity contribution is 0.0804. The van der Waals surface area contributed by atoms with Gasteiger partial charge in [-0.1, -0.05) is 6.92 Å². The minimum Gasteiger partial charge on any atom is -0.396 e. The Bertz CT molecular complexity index is 87.3. The van der Waals surface area contributed by atoms with Gasteiger partial charge in [-0.15, -0.1) is 0 Å². The van der Waals surface area contributed by atoms with Crippen LogP contribution in [-0.2, 0) is 4.74 Å². The molecule has 60 valence electrons. The maximum Gasteiger partial charge on any atom is 0.0579 e. The zero-order valence-electron chi connectivity index (χ0n) is 6.55. The summed E-state index contributed by atoms with van der Waals surface area (Å²) >= 11 is 0. The van der Waals surface area contributed by atoms with Crippen molar-refractivity contribution in [2.75, 3.05) is 13.2 Å². The summed E-state index contributed by atoms with van der Waals surface area (Å²) < 4.78 is 5.41. The molecular formula is C8H16O2. The minimum absolute atomic E-state index is 0.292. The standard InChI is InChI=1S/C8H16O2/c1-7(6-9)5-8-3-2-4-10-8/h7-9H,2-6H2,1H3/t7-,8?/m0/s1. The van der Waals surface area contributed by atoms with Crippen LogP contribution in [0.2, 0.25) is 0 Å². The SMILES string of the molecule is C[C@H](CO)CC1CCCO1. The van der Waals surface area contributed by atoms with Gasteiger partial charge in [-0.05, 0) is 25.2 Å². The molecule has 1 N–H and O–H groups in total. The fraction of sp³-hybridized carbons (Fsp3) is 1.00. The van der Waals surface area contributed by atoms with Gasteiger partial charge >= 0.3 is 0 Å². The van der Waals surface area contributed by atoms with E-state index in [0.717, 1.165) is 13.0 Å². The molecule has 0 aromatic rings. The summed E-state index contributed by atoms with van der Waals surface area (Å²) in [6, 6.07) is 0. The van der Waals surface area contributed by atoms with Crippen molar-refractivity contribution in [3.63, 3.8) is 0 Å². The Morgan fingerprint density at radius 3 is 3.00 bits per heavy atom. The highest BCUT2D eigenvalue weighted by atomic mass is 16.5. The van der Waals surface area contributed by atoms with Gasteiger partial charge in [0.25, 0.3) is 0 Å². The molecule has 1 heterocycles. The fourth-order valence-electron chi connectivity index (χ4n) is 1.35. The lowest BCUT2D eigenvalue weighted by Gasteiger charge is -2.12. The van der Waals surface area contributed by atoms with Crippen LogP contribution in [0.3, 0.4) is 0 Å². The van der Waals surface area contributed by atoms with Crippen molar-refractivity contribution in [1.82, 2.24) is 0 Å². The van der Waals surface area contributed by atoms with Crippen molar-refractivity contribution >= 4 is 0 Å². The highest BCUT2D eigenvalue weighted by Crippen LogP contribution is 2.18. The molecule has 1 saturated heterocycles. The van der Waals surface area contributed by atoms with E-state index in [-0.39, 0.29) is 0 Å². The smallest absolute Gasteiger partial charge is 0.0579 e. The molecule has 1 rings (SSSR count). The molecule has 0 aromatic carbocycles. The summed E-state index contributed by atoms with van der Waals surface area (Å²) in [5.74, 6) is 0.406. The van der Waals surface area contributed by atoms with Gasteiger partial charge in [-0.3, -0.25) is 0 Å². The van der Waals surface area contributed by atoms with Crippen LogP contribution in [0.15, 0.2) is 0 Å². The minimum atomic E-state index is 0.292. The van der Waals surface area contributed by atoms with Crippen molar-refractivity contribution in [1.29, 1.82) is 0 Å². The Balaban J connectivity index is 2.11. The molecule has 0 bridgehead atoms. The molecule has 0 saturated carbocycles. The molecule has 0 aliphatic carbocycles. The number of aliphatic hydroxyl groups excluding tert-OH is 1. The molecule has 0 radical (unpaired) electrons. The summed E-state index contributed by atoms with van der Waals surface area (Å²) in [6.07, 6.45) is 3.84. The van der Waals surface area contributed by atoms with Gasteiger partial charge in [-0.2, -0.15) is 0 Å². The molecule has 0 aromatic heterocycles. The molecule has 1 unspecified atom stereocenters. The van der Waals surface area contributed by atoms with E-state index in [9.17, 15) is 0 Å². The molecule has 2 heteroatoms. The van der Waals surface area contributed by atoms with Crippen molar-refractivity contribution in [2.45, 2.75) is 32.3 Å². The van der Waals surface area contributed by atoms with E-state index >= 15 is 0 Å². The van der Waals surface area contributed by atoms with Crippen LogP contribution >= 0.6 is 0 Å². The van der Waals surface area contributed by atoms with Gasteiger partial charge in [0.05, 0.1) is 6.10 Å². The predicted octanol–water partition coefficient (Wildman–Crippen LogP) is 1.18. The van der Waals surface area contributed by atoms with E-state index in [1.807, 2.05) is 0 Å². The third-order valence-electron chi connectivity index (χ3n) is 2.00. The second-order valence-corrected chi connectivity index (χ2v) is 3.16. The summed E-state index contributed by atoms with van der Waals surface area (Å²) in [7, 11) is 0. The van der Waals surface area contributed by atoms with E-state index in [2.05, 4.69) is 6.92 Å². The zero-order valence-corrected chi connectivity index (χ0v) is 6.55. The molecule has 1 aliphatic rings. The van der Waals surface area contributed by atoms with Crippen LogP contribution in [0.5, 0.6) is 0 Å². The van der Waals surface area contributed by atoms with Crippen LogP contribution in [0.25, 0.3) is 0 Å². The maximum absolute atomic E-state index is 8.74. The normalized spacial score (nSPS) is 28.8. The van der Waals surface area contributed by atoms with Crippen LogP contribution < -0.4 is 0 Å². The summed E-state index contributed by atoms with van der Waals surface area (Å²) in [5.41, 5.74) is 0. The number of rotatable bonds is 3. The van der Waals surface area contributed by atoms with Crippen molar-refractivity contribution in [2.24, 2.45) is 5.92 Å². The van der Waals surface area contributed by atoms with Gasteiger partial charge < -0.3 is 9.84 Å². The summed E-state index contributed by atoms with van der Waals surface area (Å²) in [4.78, 5) is 0. The average molecular weight is 144 g/mol. The first-order chi connectivity index (χ1) is 4.83. The molecular weight excluding hydrogens is 128 g/mol. The molecule has 2 nitrogen and oxygen atoms in total. The lowest BCUT2D eigenvalue weighted by Crippen LogP contribution is -2.12. The monoisotopic (exact) mass is 144 g/mol. The van der Waals surface area contributed by atoms with E-state index in [1.165, 1.54) is 12.8 Å². The molecule has 1 fully saturated rings. The van der Waals surface area contributed by atoms with Crippen LogP contribution in [0.4, 0.5) is 0 Å². The Morgan fingerprint density at radius 1 is 1.70 bits per heavy atom. The van der Waals surface area contributed by atoms with E-state index in [4.69, 9.17) is 9.84 Å². The summed E-state index contributed by atoms with van der Waals surface area (Å²) in [5, 5.41) is 8.74. The van der Waals surface area contributed by atoms with Gasteiger partial charge in [0.2, 0.25) is 0 Å². The highest BCUT2D eigenvalue weighted by molar-refractivity contribution is 4.67. The zero-order chi connectivity index (χ0) is 7.40. The van der Waals surface area contributed by atoms with E-state index in [0.29, 0.717) is 18.6 Å². The number of ether oxygens (including phenoxy) is 1. The molecule has 2 atom stereocenters. The van der Waals surface area contributed by atoms with Crippen molar-refractivity contribution < 1.29 is 9.84 Å². The number of hydrogen-bond acceptors (Lipinski definition) is 2. The third kappa shape index (κ3) is 2.27. The van der Waals surface area contributed by atoms with Crippen LogP contribution in [-0.4, -0.2) is 24.4 Å². The van der Waals surface area contributed by atoms with E-state index < -0.39 is 0 Å². The quantitative estimate of drug-likeness (QED) is 0.644. The first-order valence-corrected chi connectivity index (χ1v) is 4.05. The van der Waals surface area contributed by atoms with Crippen molar-refractivity contribution in [3.8, 4) is 0 Å². The second kappa shape index (κ2) is 3.94. The third-order valence-corrected chi connectivity index (χ3v) is 2.00. The van der Waals surface area contributed by atoms with Gasteiger partial charge in [-0.25, -0.2) is 0 Å². The van der Waals surface area contributed by atoms with E-state index in [1.54, 1.807) is 0 Å². The lowest BCUT2D eigenvalue weighted by atomic mass is 10.0. The maximum atomic E-state index is 8.74. The topological polar surface area (TPSA) is 29.5 Å². The first-order valence-electron chi connectivity index (χ1n) is 4.05. The van der Waals surface area contributed by atoms with Crippen LogP contribution in [0, 0.1) is 5.92 Å². The Morgan fingerprint density at radius 2 is 2.50 bits per heavy atom. The molecule has 0 amide bonds. The average Bonchev–Trinajstić information content (AvgIpc) is 2.40. The van der Waals surface area contributed by atoms with Gasteiger partial charge in [0, 0.05) is 13.2 Å². The Labute approximate surface area is 62.2 Å². The number of aliphatic hydroxyl groups is 1.